The minimum Gasteiger partial charge on any atom is -0.438 e. The van der Waals surface area contributed by atoms with E-state index in [-0.39, 0.29) is 16.3 Å². The van der Waals surface area contributed by atoms with Crippen molar-refractivity contribution < 1.29 is 26.0 Å². The van der Waals surface area contributed by atoms with Crippen LogP contribution in [0.5, 0.6) is 0 Å². The Labute approximate surface area is 168 Å². The van der Waals surface area contributed by atoms with Crippen molar-refractivity contribution in [1.29, 1.82) is 0 Å². The molecule has 2 N–H and O–H groups in total. The van der Waals surface area contributed by atoms with Gasteiger partial charge in [0.15, 0.2) is 5.76 Å². The molecular formula is C17H20N4O6S2. The summed E-state index contributed by atoms with van der Waals surface area (Å²) in [5.74, 6) is -0.466. The van der Waals surface area contributed by atoms with Crippen LogP contribution in [-0.4, -0.2) is 54.1 Å². The van der Waals surface area contributed by atoms with Gasteiger partial charge in [0.1, 0.15) is 5.84 Å². The molecule has 2 heterocycles. The number of carbonyl (C=O) groups excluding carboxylic acids is 1. The molecule has 2 aromatic rings. The fourth-order valence-electron chi connectivity index (χ4n) is 2.72. The topological polar surface area (TPSA) is 138 Å². The van der Waals surface area contributed by atoms with E-state index in [9.17, 15) is 21.6 Å². The van der Waals surface area contributed by atoms with Crippen LogP contribution in [0.1, 0.15) is 23.4 Å². The predicted octanol–water partition coefficient (Wildman–Crippen LogP) is 1.25. The number of nitrogens with zero attached hydrogens (tertiary/aromatic N) is 2. The van der Waals surface area contributed by atoms with Crippen LogP contribution >= 0.6 is 0 Å². The van der Waals surface area contributed by atoms with Gasteiger partial charge < -0.3 is 14.6 Å². The summed E-state index contributed by atoms with van der Waals surface area (Å²) >= 11 is 0. The Morgan fingerprint density at radius 3 is 2.59 bits per heavy atom. The Morgan fingerprint density at radius 1 is 1.17 bits per heavy atom. The van der Waals surface area contributed by atoms with Crippen LogP contribution in [0.3, 0.4) is 0 Å². The van der Waals surface area contributed by atoms with Gasteiger partial charge in [-0.3, -0.25) is 4.79 Å². The van der Waals surface area contributed by atoms with Crippen molar-refractivity contribution in [3.05, 3.63) is 42.2 Å². The molecule has 1 amide bonds. The standard InChI is InChI=1S/C17H20N4O6S2/c1-18-29(25,26)16-9-8-14(27-16)17(22)19-12-5-3-6-13(11-12)28(23,24)20-15-7-4-10-21(15)2/h3,5-6,8-9,11,18H,4,7,10H2,1-2H3,(H,19,22)/b20-15-. The van der Waals surface area contributed by atoms with Gasteiger partial charge in [0, 0.05) is 25.7 Å². The van der Waals surface area contributed by atoms with Crippen molar-refractivity contribution in [3.63, 3.8) is 0 Å². The molecule has 1 aromatic heterocycles. The summed E-state index contributed by atoms with van der Waals surface area (Å²) in [5, 5.41) is 2.08. The van der Waals surface area contributed by atoms with Crippen molar-refractivity contribution in [2.24, 2.45) is 4.40 Å². The maximum absolute atomic E-state index is 12.6. The lowest BCUT2D eigenvalue weighted by Gasteiger charge is -2.11. The average molecular weight is 441 g/mol. The number of amides is 1. The second-order valence-electron chi connectivity index (χ2n) is 6.32. The van der Waals surface area contributed by atoms with Crippen LogP contribution in [0.25, 0.3) is 0 Å². The fraction of sp³-hybridized carbons (Fsp3) is 0.294. The molecule has 1 aliphatic rings. The fourth-order valence-corrected chi connectivity index (χ4v) is 4.50. The van der Waals surface area contributed by atoms with E-state index in [1.807, 2.05) is 0 Å². The SMILES string of the molecule is CNS(=O)(=O)c1ccc(C(=O)Nc2cccc(S(=O)(=O)/N=C3/CCCN3C)c2)o1. The molecule has 3 rings (SSSR count). The quantitative estimate of drug-likeness (QED) is 0.689. The summed E-state index contributed by atoms with van der Waals surface area (Å²) in [7, 11) is -4.75. The summed E-state index contributed by atoms with van der Waals surface area (Å²) in [6.45, 7) is 0.749. The van der Waals surface area contributed by atoms with Crippen molar-refractivity contribution in [2.45, 2.75) is 22.8 Å². The molecule has 29 heavy (non-hydrogen) atoms. The molecule has 0 spiro atoms. The van der Waals surface area contributed by atoms with Gasteiger partial charge in [-0.25, -0.2) is 13.1 Å². The summed E-state index contributed by atoms with van der Waals surface area (Å²) in [5.41, 5.74) is 0.200. The Kier molecular flexibility index (Phi) is 5.78. The zero-order valence-electron chi connectivity index (χ0n) is 15.7. The first-order chi connectivity index (χ1) is 13.6. The number of hydrogen-bond acceptors (Lipinski definition) is 6. The highest BCUT2D eigenvalue weighted by Gasteiger charge is 2.22. The number of benzene rings is 1. The first-order valence-electron chi connectivity index (χ1n) is 8.62. The maximum atomic E-state index is 12.6. The van der Waals surface area contributed by atoms with E-state index in [0.717, 1.165) is 19.0 Å². The van der Waals surface area contributed by atoms with Crippen molar-refractivity contribution in [1.82, 2.24) is 9.62 Å². The van der Waals surface area contributed by atoms with E-state index >= 15 is 0 Å². The van der Waals surface area contributed by atoms with Gasteiger partial charge in [-0.1, -0.05) is 6.07 Å². The van der Waals surface area contributed by atoms with E-state index < -0.39 is 31.0 Å². The van der Waals surface area contributed by atoms with Crippen LogP contribution < -0.4 is 10.0 Å². The van der Waals surface area contributed by atoms with Crippen molar-refractivity contribution in [3.8, 4) is 0 Å². The van der Waals surface area contributed by atoms with Crippen molar-refractivity contribution in [2.75, 3.05) is 26.0 Å². The summed E-state index contributed by atoms with van der Waals surface area (Å²) in [6, 6.07) is 7.99. The molecule has 1 fully saturated rings. The summed E-state index contributed by atoms with van der Waals surface area (Å²) in [4.78, 5) is 14.0. The Bertz CT molecular complexity index is 1170. The third-order valence-corrected chi connectivity index (χ3v) is 6.88. The number of likely N-dealkylation sites (tertiary alicyclic amines) is 1. The molecule has 12 heteroatoms. The third-order valence-electron chi connectivity index (χ3n) is 4.29. The Morgan fingerprint density at radius 2 is 1.93 bits per heavy atom. The molecule has 156 valence electrons. The van der Waals surface area contributed by atoms with Gasteiger partial charge in [-0.05, 0) is 43.8 Å². The highest BCUT2D eigenvalue weighted by atomic mass is 32.2. The molecule has 0 bridgehead atoms. The monoisotopic (exact) mass is 440 g/mol. The summed E-state index contributed by atoms with van der Waals surface area (Å²) < 4.78 is 59.6. The van der Waals surface area contributed by atoms with Gasteiger partial charge >= 0.3 is 0 Å². The van der Waals surface area contributed by atoms with Gasteiger partial charge in [-0.15, -0.1) is 4.40 Å². The lowest BCUT2D eigenvalue weighted by Crippen LogP contribution is -2.20. The molecular weight excluding hydrogens is 420 g/mol. The first kappa shape index (κ1) is 21.0. The molecule has 10 nitrogen and oxygen atoms in total. The molecule has 0 radical (unpaired) electrons. The Hall–Kier alpha value is -2.70. The summed E-state index contributed by atoms with van der Waals surface area (Å²) in [6.07, 6.45) is 1.43. The van der Waals surface area contributed by atoms with E-state index in [0.29, 0.717) is 12.3 Å². The number of furan rings is 1. The van der Waals surface area contributed by atoms with Gasteiger partial charge in [0.25, 0.3) is 26.0 Å². The number of rotatable bonds is 6. The lowest BCUT2D eigenvalue weighted by atomic mass is 10.3. The molecule has 1 aliphatic heterocycles. The molecule has 1 saturated heterocycles. The molecule has 0 unspecified atom stereocenters. The molecule has 0 saturated carbocycles. The predicted molar refractivity (Wildman–Crippen MR) is 106 cm³/mol. The molecule has 0 aliphatic carbocycles. The normalized spacial score (nSPS) is 16.3. The van der Waals surface area contributed by atoms with Gasteiger partial charge in [-0.2, -0.15) is 8.42 Å². The van der Waals surface area contributed by atoms with Crippen LogP contribution in [0.2, 0.25) is 0 Å². The number of amidine groups is 1. The third kappa shape index (κ3) is 4.66. The average Bonchev–Trinajstić information content (AvgIpc) is 3.32. The largest absolute Gasteiger partial charge is 0.438 e. The van der Waals surface area contributed by atoms with Crippen LogP contribution in [-0.2, 0) is 20.0 Å². The van der Waals surface area contributed by atoms with Crippen molar-refractivity contribution >= 4 is 37.5 Å². The van der Waals surface area contributed by atoms with Crippen LogP contribution in [0.15, 0.2) is 55.2 Å². The highest BCUT2D eigenvalue weighted by Crippen LogP contribution is 2.21. The smallest absolute Gasteiger partial charge is 0.291 e. The second-order valence-corrected chi connectivity index (χ2v) is 9.74. The number of hydrogen-bond donors (Lipinski definition) is 2. The van der Waals surface area contributed by atoms with E-state index in [4.69, 9.17) is 4.42 Å². The minimum absolute atomic E-state index is 0.0685. The zero-order chi connectivity index (χ0) is 21.2. The van der Waals surface area contributed by atoms with E-state index in [2.05, 4.69) is 14.4 Å². The minimum atomic E-state index is -3.93. The van der Waals surface area contributed by atoms with Crippen LogP contribution in [0.4, 0.5) is 5.69 Å². The number of nitrogens with one attached hydrogen (secondary N) is 2. The zero-order valence-corrected chi connectivity index (χ0v) is 17.4. The van der Waals surface area contributed by atoms with Gasteiger partial charge in [0.05, 0.1) is 4.90 Å². The van der Waals surface area contributed by atoms with Crippen LogP contribution in [0, 0.1) is 0 Å². The first-order valence-corrected chi connectivity index (χ1v) is 11.5. The van der Waals surface area contributed by atoms with Gasteiger partial charge in [0.2, 0.25) is 5.09 Å². The van der Waals surface area contributed by atoms with E-state index in [1.54, 1.807) is 11.9 Å². The number of carbonyl (C=O) groups is 1. The number of sulfonamides is 2. The Balaban J connectivity index is 1.81. The molecule has 1 aromatic carbocycles. The maximum Gasteiger partial charge on any atom is 0.291 e. The highest BCUT2D eigenvalue weighted by molar-refractivity contribution is 7.90. The molecule has 0 atom stereocenters. The lowest BCUT2D eigenvalue weighted by molar-refractivity contribution is 0.0991. The number of anilines is 1. The van der Waals surface area contributed by atoms with E-state index in [1.165, 1.54) is 37.4 Å². The second kappa shape index (κ2) is 7.97.